The summed E-state index contributed by atoms with van der Waals surface area (Å²) in [5.41, 5.74) is 4.07. The van der Waals surface area contributed by atoms with E-state index >= 15 is 0 Å². The van der Waals surface area contributed by atoms with Crippen LogP contribution in [0.15, 0.2) is 102 Å². The van der Waals surface area contributed by atoms with E-state index in [-0.39, 0.29) is 17.2 Å². The lowest BCUT2D eigenvalue weighted by Crippen LogP contribution is -2.32. The van der Waals surface area contributed by atoms with Crippen molar-refractivity contribution >= 4 is 24.1 Å². The lowest BCUT2D eigenvalue weighted by molar-refractivity contribution is -0.117. The number of para-hydroxylation sites is 1. The van der Waals surface area contributed by atoms with E-state index in [1.54, 1.807) is 60.7 Å². The van der Waals surface area contributed by atoms with Crippen LogP contribution in [0.2, 0.25) is 0 Å². The molecule has 3 aromatic rings. The van der Waals surface area contributed by atoms with Gasteiger partial charge >= 0.3 is 0 Å². The van der Waals surface area contributed by atoms with Crippen LogP contribution in [0.25, 0.3) is 6.08 Å². The molecule has 3 rings (SSSR count). The summed E-state index contributed by atoms with van der Waals surface area (Å²) >= 11 is 0. The van der Waals surface area contributed by atoms with E-state index in [4.69, 9.17) is 4.74 Å². The van der Waals surface area contributed by atoms with Crippen LogP contribution in [-0.2, 0) is 4.79 Å². The minimum absolute atomic E-state index is 0.00282. The van der Waals surface area contributed by atoms with Gasteiger partial charge in [-0.1, -0.05) is 66.7 Å². The van der Waals surface area contributed by atoms with Crippen LogP contribution in [0.5, 0.6) is 11.5 Å². The number of hydrazone groups is 1. The molecule has 0 aliphatic rings. The smallest absolute Gasteiger partial charge is 0.287 e. The molecular weight excluding hydrogens is 418 g/mol. The molecule has 33 heavy (non-hydrogen) atoms. The zero-order chi connectivity index (χ0) is 23.5. The number of carbonyl (C=O) groups is 2. The number of nitrogens with one attached hydrogen (secondary N) is 2. The van der Waals surface area contributed by atoms with Crippen molar-refractivity contribution in [1.29, 1.82) is 0 Å². The summed E-state index contributed by atoms with van der Waals surface area (Å²) in [4.78, 5) is 25.3. The maximum atomic E-state index is 12.7. The zero-order valence-corrected chi connectivity index (χ0v) is 17.9. The third-order valence-corrected chi connectivity index (χ3v) is 4.50. The minimum atomic E-state index is -0.629. The van der Waals surface area contributed by atoms with Gasteiger partial charge in [0.2, 0.25) is 0 Å². The van der Waals surface area contributed by atoms with Crippen LogP contribution in [0.3, 0.4) is 0 Å². The first-order valence-electron chi connectivity index (χ1n) is 10.1. The van der Waals surface area contributed by atoms with Crippen molar-refractivity contribution in [2.45, 2.75) is 0 Å². The number of phenols is 1. The van der Waals surface area contributed by atoms with E-state index in [0.717, 1.165) is 5.56 Å². The number of ether oxygens (including phenoxy) is 1. The van der Waals surface area contributed by atoms with Gasteiger partial charge in [0.25, 0.3) is 11.8 Å². The van der Waals surface area contributed by atoms with Crippen molar-refractivity contribution in [3.8, 4) is 11.5 Å². The molecule has 0 heterocycles. The molecule has 0 unspecified atom stereocenters. The Balaban J connectivity index is 1.77. The van der Waals surface area contributed by atoms with E-state index in [9.17, 15) is 14.7 Å². The van der Waals surface area contributed by atoms with Crippen molar-refractivity contribution in [3.63, 3.8) is 0 Å². The average molecular weight is 441 g/mol. The number of allylic oxidation sites excluding steroid dienone is 2. The number of methoxy groups -OCH3 is 1. The van der Waals surface area contributed by atoms with Crippen molar-refractivity contribution in [2.24, 2.45) is 5.10 Å². The summed E-state index contributed by atoms with van der Waals surface area (Å²) in [6.45, 7) is 0. The number of phenolic OH excluding ortho intramolecular Hbond substituents is 1. The Bertz CT molecular complexity index is 1190. The molecule has 0 aromatic heterocycles. The van der Waals surface area contributed by atoms with Crippen molar-refractivity contribution < 1.29 is 19.4 Å². The lowest BCUT2D eigenvalue weighted by atomic mass is 10.2. The second kappa shape index (κ2) is 11.7. The molecule has 0 bridgehead atoms. The Morgan fingerprint density at radius 1 is 0.939 bits per heavy atom. The van der Waals surface area contributed by atoms with E-state index in [2.05, 4.69) is 15.8 Å². The maximum Gasteiger partial charge on any atom is 0.287 e. The normalized spacial score (nSPS) is 11.5. The first-order valence-corrected chi connectivity index (χ1v) is 10.1. The number of hydrogen-bond donors (Lipinski definition) is 3. The molecule has 0 aliphatic heterocycles. The van der Waals surface area contributed by atoms with Gasteiger partial charge < -0.3 is 15.2 Å². The molecule has 0 fully saturated rings. The fraction of sp³-hybridized carbons (Fsp3) is 0.0385. The first kappa shape index (κ1) is 23.0. The highest BCUT2D eigenvalue weighted by Crippen LogP contribution is 2.27. The topological polar surface area (TPSA) is 100 Å². The van der Waals surface area contributed by atoms with Gasteiger partial charge in [-0.15, -0.1) is 0 Å². The van der Waals surface area contributed by atoms with E-state index < -0.39 is 11.8 Å². The van der Waals surface area contributed by atoms with Crippen LogP contribution in [-0.4, -0.2) is 30.2 Å². The van der Waals surface area contributed by atoms with Gasteiger partial charge in [0.1, 0.15) is 5.70 Å². The van der Waals surface area contributed by atoms with E-state index in [1.165, 1.54) is 19.4 Å². The van der Waals surface area contributed by atoms with Crippen molar-refractivity contribution in [3.05, 3.63) is 113 Å². The number of hydrogen-bond acceptors (Lipinski definition) is 5. The third kappa shape index (κ3) is 6.67. The zero-order valence-electron chi connectivity index (χ0n) is 17.9. The molecular formula is C26H23N3O4. The lowest BCUT2D eigenvalue weighted by Gasteiger charge is -2.08. The minimum Gasteiger partial charge on any atom is -0.504 e. The molecule has 3 N–H and O–H groups in total. The molecule has 0 spiro atoms. The summed E-state index contributed by atoms with van der Waals surface area (Å²) in [6, 6.07) is 23.0. The van der Waals surface area contributed by atoms with Gasteiger partial charge in [-0.2, -0.15) is 5.10 Å². The fourth-order valence-electron chi connectivity index (χ4n) is 2.81. The Morgan fingerprint density at radius 3 is 2.33 bits per heavy atom. The summed E-state index contributed by atoms with van der Waals surface area (Å²) in [6.07, 6.45) is 6.24. The largest absolute Gasteiger partial charge is 0.504 e. The van der Waals surface area contributed by atoms with Crippen LogP contribution in [0, 0.1) is 0 Å². The summed E-state index contributed by atoms with van der Waals surface area (Å²) < 4.78 is 5.05. The SMILES string of the molecule is COc1cccc(/C=N/NC(=O)/C(=C/C=C/c2ccccc2)NC(=O)c2ccccc2)c1O. The average Bonchev–Trinajstić information content (AvgIpc) is 2.85. The van der Waals surface area contributed by atoms with Crippen LogP contribution in [0.1, 0.15) is 21.5 Å². The molecule has 0 radical (unpaired) electrons. The van der Waals surface area contributed by atoms with Crippen molar-refractivity contribution in [2.75, 3.05) is 7.11 Å². The Labute approximate surface area is 191 Å². The second-order valence-corrected chi connectivity index (χ2v) is 6.77. The molecule has 0 saturated carbocycles. The van der Waals surface area contributed by atoms with Gasteiger partial charge in [0, 0.05) is 11.1 Å². The van der Waals surface area contributed by atoms with Gasteiger partial charge in [-0.3, -0.25) is 9.59 Å². The summed E-state index contributed by atoms with van der Waals surface area (Å²) in [5, 5.41) is 16.6. The van der Waals surface area contributed by atoms with Crippen LogP contribution >= 0.6 is 0 Å². The number of rotatable bonds is 8. The molecule has 0 saturated heterocycles. The Kier molecular flexibility index (Phi) is 8.14. The molecule has 7 nitrogen and oxygen atoms in total. The highest BCUT2D eigenvalue weighted by Gasteiger charge is 2.13. The Morgan fingerprint density at radius 2 is 1.64 bits per heavy atom. The predicted molar refractivity (Wildman–Crippen MR) is 128 cm³/mol. The maximum absolute atomic E-state index is 12.7. The van der Waals surface area contributed by atoms with Crippen molar-refractivity contribution in [1.82, 2.24) is 10.7 Å². The molecule has 7 heteroatoms. The highest BCUT2D eigenvalue weighted by atomic mass is 16.5. The number of carbonyl (C=O) groups excluding carboxylic acids is 2. The number of amides is 2. The van der Waals surface area contributed by atoms with Crippen LogP contribution in [0.4, 0.5) is 0 Å². The monoisotopic (exact) mass is 441 g/mol. The highest BCUT2D eigenvalue weighted by molar-refractivity contribution is 6.03. The van der Waals surface area contributed by atoms with Crippen LogP contribution < -0.4 is 15.5 Å². The standard InChI is InChI=1S/C26H23N3O4/c1-33-23-17-9-15-21(24(23)30)18-27-29-26(32)22(16-8-12-19-10-4-2-5-11-19)28-25(31)20-13-6-3-7-14-20/h2-18,30H,1H3,(H,28,31)(H,29,32)/b12-8+,22-16-,27-18+. The van der Waals surface area contributed by atoms with E-state index in [1.807, 2.05) is 30.3 Å². The summed E-state index contributed by atoms with van der Waals surface area (Å²) in [5.74, 6) is -0.876. The predicted octanol–water partition coefficient (Wildman–Crippen LogP) is 3.88. The van der Waals surface area contributed by atoms with Gasteiger partial charge in [0.05, 0.1) is 13.3 Å². The van der Waals surface area contributed by atoms with Gasteiger partial charge in [-0.05, 0) is 35.9 Å². The summed E-state index contributed by atoms with van der Waals surface area (Å²) in [7, 11) is 1.44. The fourth-order valence-corrected chi connectivity index (χ4v) is 2.81. The van der Waals surface area contributed by atoms with Gasteiger partial charge in [0.15, 0.2) is 11.5 Å². The Hall–Kier alpha value is -4.65. The van der Waals surface area contributed by atoms with E-state index in [0.29, 0.717) is 11.1 Å². The molecule has 166 valence electrons. The third-order valence-electron chi connectivity index (χ3n) is 4.50. The quantitative estimate of drug-likeness (QED) is 0.214. The number of aromatic hydroxyl groups is 1. The molecule has 2 amide bonds. The van der Waals surface area contributed by atoms with Gasteiger partial charge in [-0.25, -0.2) is 5.43 Å². The first-order chi connectivity index (χ1) is 16.1. The molecule has 0 aliphatic carbocycles. The molecule has 3 aromatic carbocycles. The second-order valence-electron chi connectivity index (χ2n) is 6.77. The number of benzene rings is 3. The number of nitrogens with zero attached hydrogens (tertiary/aromatic N) is 1. The molecule has 0 atom stereocenters.